The van der Waals surface area contributed by atoms with Crippen molar-refractivity contribution >= 4 is 23.4 Å². The summed E-state index contributed by atoms with van der Waals surface area (Å²) in [6.07, 6.45) is 4.81. The Kier molecular flexibility index (Phi) is 8.57. The fourth-order valence-electron chi connectivity index (χ4n) is 4.26. The van der Waals surface area contributed by atoms with Gasteiger partial charge in [0.2, 0.25) is 5.91 Å². The molecule has 0 spiro atoms. The molecule has 0 saturated heterocycles. The molecule has 1 N–H and O–H groups in total. The van der Waals surface area contributed by atoms with Crippen LogP contribution in [0.3, 0.4) is 0 Å². The Morgan fingerprint density at radius 1 is 1.12 bits per heavy atom. The lowest BCUT2D eigenvalue weighted by atomic mass is 10.1. The number of carbonyl (C=O) groups is 2. The molecule has 5 nitrogen and oxygen atoms in total. The van der Waals surface area contributed by atoms with E-state index in [1.807, 2.05) is 51.1 Å². The summed E-state index contributed by atoms with van der Waals surface area (Å²) in [7, 11) is 0. The second kappa shape index (κ2) is 11.4. The van der Waals surface area contributed by atoms with E-state index >= 15 is 0 Å². The first-order valence-electron chi connectivity index (χ1n) is 11.4. The first-order chi connectivity index (χ1) is 15.4. The standard InChI is InChI=1S/C26H33ClN2O3/c1-4-23(26(31)28-22-7-5-6-8-22)29(16-20-10-12-21(27)13-11-20)25(30)17-32-24-14-9-18(2)15-19(24)3/h9-15,22-23H,4-8,16-17H2,1-3H3,(H,28,31)/t23-/m0/s1. The molecule has 3 rings (SSSR count). The highest BCUT2D eigenvalue weighted by Gasteiger charge is 2.30. The number of hydrogen-bond donors (Lipinski definition) is 1. The lowest BCUT2D eigenvalue weighted by molar-refractivity contribution is -0.143. The highest BCUT2D eigenvalue weighted by Crippen LogP contribution is 2.21. The van der Waals surface area contributed by atoms with Crippen molar-refractivity contribution in [1.82, 2.24) is 10.2 Å². The van der Waals surface area contributed by atoms with Crippen LogP contribution < -0.4 is 10.1 Å². The number of hydrogen-bond acceptors (Lipinski definition) is 3. The Balaban J connectivity index is 1.76. The van der Waals surface area contributed by atoms with E-state index < -0.39 is 6.04 Å². The van der Waals surface area contributed by atoms with Crippen LogP contribution in [0.15, 0.2) is 42.5 Å². The van der Waals surface area contributed by atoms with Crippen LogP contribution in [0.1, 0.15) is 55.7 Å². The van der Waals surface area contributed by atoms with Crippen molar-refractivity contribution in [3.63, 3.8) is 0 Å². The largest absolute Gasteiger partial charge is 0.483 e. The molecule has 2 amide bonds. The van der Waals surface area contributed by atoms with E-state index in [4.69, 9.17) is 16.3 Å². The summed E-state index contributed by atoms with van der Waals surface area (Å²) in [6.45, 7) is 6.12. The van der Waals surface area contributed by atoms with Gasteiger partial charge in [0.05, 0.1) is 0 Å². The first kappa shape index (κ1) is 24.1. The third-order valence-corrected chi connectivity index (χ3v) is 6.29. The smallest absolute Gasteiger partial charge is 0.261 e. The topological polar surface area (TPSA) is 58.6 Å². The molecule has 0 heterocycles. The van der Waals surface area contributed by atoms with E-state index in [2.05, 4.69) is 5.32 Å². The Labute approximate surface area is 196 Å². The molecule has 0 bridgehead atoms. The van der Waals surface area contributed by atoms with Crippen LogP contribution in [0.5, 0.6) is 5.75 Å². The van der Waals surface area contributed by atoms with Crippen LogP contribution >= 0.6 is 11.6 Å². The maximum atomic E-state index is 13.3. The van der Waals surface area contributed by atoms with Crippen molar-refractivity contribution in [3.8, 4) is 5.75 Å². The third-order valence-electron chi connectivity index (χ3n) is 6.04. The van der Waals surface area contributed by atoms with E-state index in [1.165, 1.54) is 0 Å². The molecule has 1 saturated carbocycles. The quantitative estimate of drug-likeness (QED) is 0.564. The molecule has 6 heteroatoms. The Hall–Kier alpha value is -2.53. The number of nitrogens with zero attached hydrogens (tertiary/aromatic N) is 1. The SMILES string of the molecule is CC[C@@H](C(=O)NC1CCCC1)N(Cc1ccc(Cl)cc1)C(=O)COc1ccc(C)cc1C. The van der Waals surface area contributed by atoms with Gasteiger partial charge in [-0.05, 0) is 62.4 Å². The molecule has 172 valence electrons. The molecule has 2 aromatic rings. The van der Waals surface area contributed by atoms with Gasteiger partial charge in [-0.15, -0.1) is 0 Å². The van der Waals surface area contributed by atoms with Gasteiger partial charge in [0.15, 0.2) is 6.61 Å². The fourth-order valence-corrected chi connectivity index (χ4v) is 4.38. The minimum absolute atomic E-state index is 0.0896. The molecule has 0 aliphatic heterocycles. The molecule has 0 aromatic heterocycles. The maximum absolute atomic E-state index is 13.3. The monoisotopic (exact) mass is 456 g/mol. The molecule has 0 unspecified atom stereocenters. The minimum atomic E-state index is -0.554. The van der Waals surface area contributed by atoms with Crippen molar-refractivity contribution < 1.29 is 14.3 Å². The number of aryl methyl sites for hydroxylation is 2. The molecule has 1 fully saturated rings. The average Bonchev–Trinajstić information content (AvgIpc) is 3.27. The van der Waals surface area contributed by atoms with Crippen LogP contribution in [0.4, 0.5) is 0 Å². The van der Waals surface area contributed by atoms with Gasteiger partial charge in [0, 0.05) is 17.6 Å². The number of ether oxygens (including phenoxy) is 1. The average molecular weight is 457 g/mol. The Morgan fingerprint density at radius 2 is 1.81 bits per heavy atom. The molecular formula is C26H33ClN2O3. The molecule has 1 aliphatic carbocycles. The van der Waals surface area contributed by atoms with Gasteiger partial charge in [0.1, 0.15) is 11.8 Å². The molecule has 0 radical (unpaired) electrons. The number of benzene rings is 2. The van der Waals surface area contributed by atoms with Crippen LogP contribution in [-0.2, 0) is 16.1 Å². The van der Waals surface area contributed by atoms with Gasteiger partial charge in [-0.3, -0.25) is 9.59 Å². The van der Waals surface area contributed by atoms with Gasteiger partial charge < -0.3 is 15.0 Å². The van der Waals surface area contributed by atoms with Crippen LogP contribution in [0.2, 0.25) is 5.02 Å². The van der Waals surface area contributed by atoms with Gasteiger partial charge in [-0.2, -0.15) is 0 Å². The van der Waals surface area contributed by atoms with E-state index in [-0.39, 0.29) is 24.5 Å². The van der Waals surface area contributed by atoms with Crippen molar-refractivity contribution in [2.24, 2.45) is 0 Å². The second-order valence-electron chi connectivity index (χ2n) is 8.62. The summed E-state index contributed by atoms with van der Waals surface area (Å²) in [5, 5.41) is 3.79. The van der Waals surface area contributed by atoms with Crippen molar-refractivity contribution in [2.45, 2.75) is 71.5 Å². The van der Waals surface area contributed by atoms with Crippen molar-refractivity contribution in [3.05, 3.63) is 64.2 Å². The summed E-state index contributed by atoms with van der Waals surface area (Å²) in [4.78, 5) is 28.1. The predicted octanol–water partition coefficient (Wildman–Crippen LogP) is 5.20. The molecule has 32 heavy (non-hydrogen) atoms. The molecule has 1 aliphatic rings. The van der Waals surface area contributed by atoms with E-state index in [0.717, 1.165) is 42.4 Å². The lowest BCUT2D eigenvalue weighted by Crippen LogP contribution is -2.52. The van der Waals surface area contributed by atoms with Gasteiger partial charge in [-0.25, -0.2) is 0 Å². The Morgan fingerprint density at radius 3 is 2.44 bits per heavy atom. The summed E-state index contributed by atoms with van der Waals surface area (Å²) in [6, 6.07) is 12.9. The van der Waals surface area contributed by atoms with E-state index in [0.29, 0.717) is 23.7 Å². The normalized spacial score (nSPS) is 14.8. The molecule has 1 atom stereocenters. The highest BCUT2D eigenvalue weighted by atomic mass is 35.5. The Bertz CT molecular complexity index is 923. The van der Waals surface area contributed by atoms with Gasteiger partial charge in [-0.1, -0.05) is 61.2 Å². The number of rotatable bonds is 9. The van der Waals surface area contributed by atoms with E-state index in [9.17, 15) is 9.59 Å². The highest BCUT2D eigenvalue weighted by molar-refractivity contribution is 6.30. The summed E-state index contributed by atoms with van der Waals surface area (Å²) in [5.74, 6) is 0.375. The maximum Gasteiger partial charge on any atom is 0.261 e. The minimum Gasteiger partial charge on any atom is -0.483 e. The van der Waals surface area contributed by atoms with Crippen LogP contribution in [0.25, 0.3) is 0 Å². The number of amides is 2. The second-order valence-corrected chi connectivity index (χ2v) is 9.06. The van der Waals surface area contributed by atoms with Crippen molar-refractivity contribution in [2.75, 3.05) is 6.61 Å². The molecular weight excluding hydrogens is 424 g/mol. The summed E-state index contributed by atoms with van der Waals surface area (Å²) >= 11 is 6.02. The molecule has 2 aromatic carbocycles. The summed E-state index contributed by atoms with van der Waals surface area (Å²) < 4.78 is 5.86. The van der Waals surface area contributed by atoms with Gasteiger partial charge in [0.25, 0.3) is 5.91 Å². The number of nitrogens with one attached hydrogen (secondary N) is 1. The zero-order valence-corrected chi connectivity index (χ0v) is 20.0. The summed E-state index contributed by atoms with van der Waals surface area (Å²) in [5.41, 5.74) is 3.04. The number of carbonyl (C=O) groups excluding carboxylic acids is 2. The van der Waals surface area contributed by atoms with Crippen LogP contribution in [-0.4, -0.2) is 35.4 Å². The third kappa shape index (κ3) is 6.49. The lowest BCUT2D eigenvalue weighted by Gasteiger charge is -2.31. The van der Waals surface area contributed by atoms with Crippen LogP contribution in [0, 0.1) is 13.8 Å². The van der Waals surface area contributed by atoms with Crippen molar-refractivity contribution in [1.29, 1.82) is 0 Å². The van der Waals surface area contributed by atoms with E-state index in [1.54, 1.807) is 17.0 Å². The zero-order chi connectivity index (χ0) is 23.1. The zero-order valence-electron chi connectivity index (χ0n) is 19.2. The van der Waals surface area contributed by atoms with Gasteiger partial charge >= 0.3 is 0 Å². The predicted molar refractivity (Wildman–Crippen MR) is 128 cm³/mol. The first-order valence-corrected chi connectivity index (χ1v) is 11.8. The fraction of sp³-hybridized carbons (Fsp3) is 0.462. The number of halogens is 1.